The van der Waals surface area contributed by atoms with Gasteiger partial charge in [0.2, 0.25) is 5.47 Å². The molecule has 0 radical (unpaired) electrons. The van der Waals surface area contributed by atoms with Gasteiger partial charge in [0.15, 0.2) is 11.9 Å². The van der Waals surface area contributed by atoms with E-state index >= 15 is 0 Å². The Morgan fingerprint density at radius 2 is 1.89 bits per heavy atom. The van der Waals surface area contributed by atoms with Gasteiger partial charge in [-0.3, -0.25) is 25.7 Å². The number of carbonyl (C=O) groups is 2. The highest BCUT2D eigenvalue weighted by Crippen LogP contribution is 2.33. The van der Waals surface area contributed by atoms with Crippen LogP contribution >= 0.6 is 8.73 Å². The number of aromatic amines is 1. The smallest absolute Gasteiger partial charge is 0.358 e. The fourth-order valence-corrected chi connectivity index (χ4v) is 4.71. The third-order valence-electron chi connectivity index (χ3n) is 5.29. The highest BCUT2D eigenvalue weighted by atomic mass is 31.1. The summed E-state index contributed by atoms with van der Waals surface area (Å²) in [6, 6.07) is -0.337. The zero-order chi connectivity index (χ0) is 28.8. The second kappa shape index (κ2) is 13.6. The van der Waals surface area contributed by atoms with Crippen molar-refractivity contribution in [2.45, 2.75) is 76.7 Å². The van der Waals surface area contributed by atoms with Crippen molar-refractivity contribution in [3.05, 3.63) is 16.0 Å². The van der Waals surface area contributed by atoms with Gasteiger partial charge in [-0.25, -0.2) is 14.3 Å². The monoisotopic (exact) mass is 564 g/mol. The van der Waals surface area contributed by atoms with Gasteiger partial charge in [0.05, 0.1) is 13.2 Å². The fraction of sp³-hybridized carbons (Fsp3) is 0.714. The number of aliphatic hydroxyl groups is 3. The molecular weight excluding hydrogens is 527 g/mol. The molecule has 0 spiro atoms. The number of carboxylic acids is 1. The van der Waals surface area contributed by atoms with Gasteiger partial charge in [-0.15, -0.1) is 0 Å². The summed E-state index contributed by atoms with van der Waals surface area (Å²) in [6.45, 7) is 7.47. The highest BCUT2D eigenvalue weighted by molar-refractivity contribution is 7.38. The molecule has 1 aromatic rings. The summed E-state index contributed by atoms with van der Waals surface area (Å²) in [5, 5.41) is 59.3. The molecule has 2 heterocycles. The Bertz CT molecular complexity index is 1050. The molecule has 0 aromatic carbocycles. The molecule has 0 saturated carbocycles. The number of nitrogens with zero attached hydrogens (tertiary/aromatic N) is 1. The first-order chi connectivity index (χ1) is 17.8. The zero-order valence-corrected chi connectivity index (χ0v) is 22.8. The average Bonchev–Trinajstić information content (AvgIpc) is 3.31. The van der Waals surface area contributed by atoms with E-state index in [-0.39, 0.29) is 30.1 Å². The molecule has 6 unspecified atom stereocenters. The number of H-pyrrole nitrogens is 1. The second-order valence-corrected chi connectivity index (χ2v) is 10.3. The lowest BCUT2D eigenvalue weighted by atomic mass is 10.1. The summed E-state index contributed by atoms with van der Waals surface area (Å²) in [6.07, 6.45) is -6.06. The number of aliphatic hydroxyl groups excluding tert-OH is 3. The number of hydrogen-bond donors (Lipinski definition) is 9. The summed E-state index contributed by atoms with van der Waals surface area (Å²) in [5.41, 5.74) is -4.18. The van der Waals surface area contributed by atoms with E-state index in [1.165, 1.54) is 6.92 Å². The average molecular weight is 565 g/mol. The van der Waals surface area contributed by atoms with Crippen molar-refractivity contribution in [2.75, 3.05) is 25.3 Å². The molecular formula is C21H37N6O10P. The van der Waals surface area contributed by atoms with Crippen molar-refractivity contribution in [3.63, 3.8) is 0 Å². The maximum Gasteiger partial charge on any atom is 0.358 e. The minimum atomic E-state index is -1.87. The first-order valence-electron chi connectivity index (χ1n) is 11.9. The molecule has 1 fully saturated rings. The Hall–Kier alpha value is -2.43. The lowest BCUT2D eigenvalue weighted by Crippen LogP contribution is -2.56. The number of nitrogens with one attached hydrogen (secondary N) is 5. The van der Waals surface area contributed by atoms with Crippen LogP contribution in [0.5, 0.6) is 0 Å². The van der Waals surface area contributed by atoms with E-state index in [4.69, 9.17) is 19.6 Å². The summed E-state index contributed by atoms with van der Waals surface area (Å²) < 4.78 is 17.0. The van der Waals surface area contributed by atoms with Crippen LogP contribution in [0.15, 0.2) is 4.79 Å². The third kappa shape index (κ3) is 7.15. The Labute approximate surface area is 220 Å². The van der Waals surface area contributed by atoms with Gasteiger partial charge in [0, 0.05) is 20.8 Å². The van der Waals surface area contributed by atoms with Crippen molar-refractivity contribution in [2.24, 2.45) is 0 Å². The van der Waals surface area contributed by atoms with Crippen LogP contribution in [-0.2, 0) is 23.8 Å². The molecule has 0 amide bonds. The molecule has 1 aliphatic heterocycles. The number of hydrogen-bond acceptors (Lipinski definition) is 13. The van der Waals surface area contributed by atoms with Crippen LogP contribution in [0.25, 0.3) is 0 Å². The van der Waals surface area contributed by atoms with Gasteiger partial charge in [-0.2, -0.15) is 0 Å². The van der Waals surface area contributed by atoms with Gasteiger partial charge < -0.3 is 40.0 Å². The lowest BCUT2D eigenvalue weighted by Gasteiger charge is -2.34. The van der Waals surface area contributed by atoms with Crippen molar-refractivity contribution >= 4 is 32.1 Å². The largest absolute Gasteiger partial charge is 0.478 e. The number of aromatic nitrogens is 2. The van der Waals surface area contributed by atoms with E-state index < -0.39 is 75.3 Å². The van der Waals surface area contributed by atoms with Crippen LogP contribution in [0.2, 0.25) is 0 Å². The predicted molar refractivity (Wildman–Crippen MR) is 136 cm³/mol. The Morgan fingerprint density at radius 3 is 2.42 bits per heavy atom. The van der Waals surface area contributed by atoms with Gasteiger partial charge in [0.25, 0.3) is 5.56 Å². The molecule has 0 bridgehead atoms. The van der Waals surface area contributed by atoms with Crippen LogP contribution in [0.4, 0.5) is 5.69 Å². The molecule has 216 valence electrons. The predicted octanol–water partition coefficient (Wildman–Crippen LogP) is -1.57. The Kier molecular flexibility index (Phi) is 11.4. The number of aliphatic carboxylic acids is 1. The molecule has 1 aliphatic rings. The zero-order valence-electron chi connectivity index (χ0n) is 21.8. The lowest BCUT2D eigenvalue weighted by molar-refractivity contribution is -0.165. The topological polar surface area (TPSA) is 240 Å². The highest BCUT2D eigenvalue weighted by Gasteiger charge is 2.48. The SMILES string of the molecule is CCOC(=O)C(=N)c1[nH]n(C2OC(COC(NC(C)C)(PNC(C)C)C(=O)O)C(O)C2O)c(=O)c1NCO. The first-order valence-corrected chi connectivity index (χ1v) is 12.9. The number of anilines is 1. The quantitative estimate of drug-likeness (QED) is 0.0507. The first kappa shape index (κ1) is 31.8. The molecule has 2 rings (SSSR count). The summed E-state index contributed by atoms with van der Waals surface area (Å²) in [4.78, 5) is 37.3. The molecule has 17 heteroatoms. The molecule has 9 N–H and O–H groups in total. The number of carboxylic acid groups (broad SMARTS) is 1. The Balaban J connectivity index is 2.33. The Morgan fingerprint density at radius 1 is 1.24 bits per heavy atom. The van der Waals surface area contributed by atoms with Crippen molar-refractivity contribution < 1.29 is 44.2 Å². The van der Waals surface area contributed by atoms with Gasteiger partial charge >= 0.3 is 11.9 Å². The summed E-state index contributed by atoms with van der Waals surface area (Å²) >= 11 is 0. The van der Waals surface area contributed by atoms with Gasteiger partial charge in [-0.1, -0.05) is 0 Å². The number of rotatable bonds is 15. The van der Waals surface area contributed by atoms with Crippen LogP contribution < -0.4 is 21.3 Å². The standard InChI is InChI=1S/C21H37N6O10P/c1-6-35-19(32)12(22)13-14(23-8-28)17(31)27(25-13)18-16(30)15(29)11(37-18)7-36-21(20(33)34,24-9(2)3)38-26-10(4)5/h9-11,15-16,18,22-26,28-30,38H,6-8H2,1-5H3,(H,33,34). The van der Waals surface area contributed by atoms with E-state index in [0.29, 0.717) is 0 Å². The van der Waals surface area contributed by atoms with Crippen molar-refractivity contribution in [1.29, 1.82) is 5.41 Å². The van der Waals surface area contributed by atoms with Crippen LogP contribution in [-0.4, -0.2) is 104 Å². The van der Waals surface area contributed by atoms with Gasteiger partial charge in [0.1, 0.15) is 36.4 Å². The minimum absolute atomic E-state index is 0.0238. The summed E-state index contributed by atoms with van der Waals surface area (Å²) in [7, 11) is -0.427. The molecule has 1 saturated heterocycles. The normalized spacial score (nSPS) is 23.3. The number of carbonyl (C=O) groups excluding carboxylic acids is 1. The number of ether oxygens (including phenoxy) is 3. The van der Waals surface area contributed by atoms with Crippen LogP contribution in [0.1, 0.15) is 46.5 Å². The molecule has 0 aliphatic carbocycles. The molecule has 6 atom stereocenters. The second-order valence-electron chi connectivity index (χ2n) is 9.03. The number of esters is 1. The van der Waals surface area contributed by atoms with Crippen molar-refractivity contribution in [3.8, 4) is 0 Å². The minimum Gasteiger partial charge on any atom is -0.478 e. The van der Waals surface area contributed by atoms with Gasteiger partial charge in [-0.05, 0) is 34.6 Å². The fourth-order valence-electron chi connectivity index (χ4n) is 3.59. The molecule has 16 nitrogen and oxygen atoms in total. The maximum atomic E-state index is 13.0. The van der Waals surface area contributed by atoms with E-state index in [0.717, 1.165) is 4.68 Å². The molecule has 38 heavy (non-hydrogen) atoms. The molecule has 1 aromatic heterocycles. The van der Waals surface area contributed by atoms with Crippen LogP contribution in [0.3, 0.4) is 0 Å². The maximum absolute atomic E-state index is 13.0. The van der Waals surface area contributed by atoms with E-state index in [1.807, 2.05) is 13.8 Å². The van der Waals surface area contributed by atoms with E-state index in [9.17, 15) is 34.8 Å². The van der Waals surface area contributed by atoms with E-state index in [1.54, 1.807) is 13.8 Å². The van der Waals surface area contributed by atoms with Crippen LogP contribution in [0, 0.1) is 5.41 Å². The summed E-state index contributed by atoms with van der Waals surface area (Å²) in [5.74, 6) is -2.34. The van der Waals surface area contributed by atoms with Crippen molar-refractivity contribution in [1.82, 2.24) is 20.2 Å². The third-order valence-corrected chi connectivity index (χ3v) is 6.86. The van der Waals surface area contributed by atoms with E-state index in [2.05, 4.69) is 20.8 Å².